The van der Waals surface area contributed by atoms with Crippen LogP contribution in [0.3, 0.4) is 0 Å². The molecule has 0 aliphatic carbocycles. The predicted molar refractivity (Wildman–Crippen MR) is 136 cm³/mol. The summed E-state index contributed by atoms with van der Waals surface area (Å²) in [5.74, 6) is 1.38. The number of anilines is 3. The molecule has 0 saturated heterocycles. The van der Waals surface area contributed by atoms with Gasteiger partial charge in [0, 0.05) is 11.1 Å². The first kappa shape index (κ1) is 23.1. The van der Waals surface area contributed by atoms with E-state index in [9.17, 15) is 15.3 Å². The minimum atomic E-state index is 0.0506. The third-order valence-corrected chi connectivity index (χ3v) is 6.20. The summed E-state index contributed by atoms with van der Waals surface area (Å²) in [5, 5.41) is 31.9. The fraction of sp³-hybridized carbons (Fsp3) is 0.172. The maximum Gasteiger partial charge on any atom is 0.172 e. The summed E-state index contributed by atoms with van der Waals surface area (Å²) in [7, 11) is 0. The van der Waals surface area contributed by atoms with Gasteiger partial charge in [0.2, 0.25) is 0 Å². The fourth-order valence-corrected chi connectivity index (χ4v) is 4.13. The molecule has 4 aromatic carbocycles. The lowest BCUT2D eigenvalue weighted by Gasteiger charge is -2.31. The molecule has 0 aromatic heterocycles. The number of hydrogen-bond donors (Lipinski definition) is 3. The average molecular weight is 456 g/mol. The van der Waals surface area contributed by atoms with Gasteiger partial charge in [-0.1, -0.05) is 36.4 Å². The number of phenolic OH excluding ortho intramolecular Hbond substituents is 3. The van der Waals surface area contributed by atoms with Crippen LogP contribution >= 0.6 is 0 Å². The summed E-state index contributed by atoms with van der Waals surface area (Å²) in [6.45, 7) is 9.32. The quantitative estimate of drug-likeness (QED) is 0.289. The molecular formula is C29H29NO4. The van der Waals surface area contributed by atoms with Crippen molar-refractivity contribution in [3.8, 4) is 28.7 Å². The Morgan fingerprint density at radius 1 is 0.559 bits per heavy atom. The zero-order chi connectivity index (χ0) is 24.6. The summed E-state index contributed by atoms with van der Waals surface area (Å²) < 4.78 is 6.27. The highest BCUT2D eigenvalue weighted by Crippen LogP contribution is 2.48. The number of para-hydroxylation sites is 3. The molecule has 0 radical (unpaired) electrons. The molecule has 0 fully saturated rings. The molecule has 4 aromatic rings. The number of aromatic hydroxyl groups is 3. The topological polar surface area (TPSA) is 73.2 Å². The summed E-state index contributed by atoms with van der Waals surface area (Å²) in [5.41, 5.74) is 5.95. The molecule has 34 heavy (non-hydrogen) atoms. The van der Waals surface area contributed by atoms with E-state index in [0.29, 0.717) is 28.3 Å². The number of aryl methyl sites for hydroxylation is 3. The number of hydrogen-bond acceptors (Lipinski definition) is 5. The van der Waals surface area contributed by atoms with Gasteiger partial charge >= 0.3 is 0 Å². The molecular weight excluding hydrogens is 426 g/mol. The molecule has 0 spiro atoms. The second kappa shape index (κ2) is 9.02. The monoisotopic (exact) mass is 455 g/mol. The number of benzene rings is 4. The Bertz CT molecular complexity index is 1300. The van der Waals surface area contributed by atoms with Gasteiger partial charge < -0.3 is 25.0 Å². The van der Waals surface area contributed by atoms with Gasteiger partial charge in [-0.3, -0.25) is 0 Å². The lowest BCUT2D eigenvalue weighted by Crippen LogP contribution is -2.14. The fourth-order valence-electron chi connectivity index (χ4n) is 4.13. The minimum absolute atomic E-state index is 0.0506. The maximum atomic E-state index is 10.7. The zero-order valence-electron chi connectivity index (χ0n) is 20.0. The molecule has 4 rings (SSSR count). The lowest BCUT2D eigenvalue weighted by atomic mass is 10.0. The molecule has 5 nitrogen and oxygen atoms in total. The van der Waals surface area contributed by atoms with Gasteiger partial charge in [0.1, 0.15) is 11.5 Å². The van der Waals surface area contributed by atoms with Crippen molar-refractivity contribution in [2.24, 2.45) is 0 Å². The van der Waals surface area contributed by atoms with Crippen molar-refractivity contribution in [2.75, 3.05) is 4.90 Å². The zero-order valence-corrected chi connectivity index (χ0v) is 20.0. The van der Waals surface area contributed by atoms with E-state index >= 15 is 0 Å². The molecule has 0 amide bonds. The summed E-state index contributed by atoms with van der Waals surface area (Å²) in [6.07, 6.45) is 0. The highest BCUT2D eigenvalue weighted by molar-refractivity contribution is 5.85. The summed E-state index contributed by atoms with van der Waals surface area (Å²) >= 11 is 0. The number of nitrogens with zero attached hydrogens (tertiary/aromatic N) is 1. The van der Waals surface area contributed by atoms with Crippen LogP contribution in [0.15, 0.2) is 66.7 Å². The normalized spacial score (nSPS) is 10.9. The Labute approximate surface area is 200 Å². The first-order valence-electron chi connectivity index (χ1n) is 11.1. The number of phenols is 3. The van der Waals surface area contributed by atoms with Crippen molar-refractivity contribution in [3.63, 3.8) is 0 Å². The molecule has 0 bridgehead atoms. The second-order valence-electron chi connectivity index (χ2n) is 8.58. The average Bonchev–Trinajstić information content (AvgIpc) is 2.82. The van der Waals surface area contributed by atoms with E-state index in [-0.39, 0.29) is 17.2 Å². The van der Waals surface area contributed by atoms with E-state index < -0.39 is 0 Å². The van der Waals surface area contributed by atoms with Crippen molar-refractivity contribution in [1.29, 1.82) is 0 Å². The highest BCUT2D eigenvalue weighted by Gasteiger charge is 2.24. The van der Waals surface area contributed by atoms with Crippen LogP contribution in [0.2, 0.25) is 0 Å². The van der Waals surface area contributed by atoms with Crippen molar-refractivity contribution >= 4 is 17.1 Å². The Balaban J connectivity index is 1.98. The standard InChI is InChI=1S/C29H29NO4/c1-17-13-15-22(20(4)27(17)32)30(23-16-14-18(2)28(33)21(23)5)24-10-6-7-12-26(24)34-29-19(3)9-8-11-25(29)31/h6-16,31-33H,1-5H3. The van der Waals surface area contributed by atoms with Gasteiger partial charge in [-0.05, 0) is 81.6 Å². The van der Waals surface area contributed by atoms with Crippen LogP contribution in [0.5, 0.6) is 28.7 Å². The third-order valence-electron chi connectivity index (χ3n) is 6.20. The Hall–Kier alpha value is -4.12. The smallest absolute Gasteiger partial charge is 0.172 e. The van der Waals surface area contributed by atoms with Gasteiger partial charge in [0.05, 0.1) is 17.1 Å². The molecule has 0 aliphatic rings. The number of ether oxygens (including phenoxy) is 1. The van der Waals surface area contributed by atoms with Crippen molar-refractivity contribution in [3.05, 3.63) is 94.5 Å². The van der Waals surface area contributed by atoms with Gasteiger partial charge in [-0.2, -0.15) is 0 Å². The van der Waals surface area contributed by atoms with Crippen molar-refractivity contribution in [2.45, 2.75) is 34.6 Å². The van der Waals surface area contributed by atoms with Gasteiger partial charge in [0.25, 0.3) is 0 Å². The Morgan fingerprint density at radius 3 is 1.68 bits per heavy atom. The minimum Gasteiger partial charge on any atom is -0.507 e. The molecule has 0 aliphatic heterocycles. The predicted octanol–water partition coefficient (Wildman–Crippen LogP) is 7.61. The van der Waals surface area contributed by atoms with Crippen LogP contribution in [0.25, 0.3) is 0 Å². The van der Waals surface area contributed by atoms with Crippen LogP contribution in [0.1, 0.15) is 27.8 Å². The first-order valence-corrected chi connectivity index (χ1v) is 11.1. The van der Waals surface area contributed by atoms with Crippen LogP contribution in [-0.4, -0.2) is 15.3 Å². The molecule has 5 heteroatoms. The van der Waals surface area contributed by atoms with Crippen molar-refractivity contribution in [1.82, 2.24) is 0 Å². The van der Waals surface area contributed by atoms with E-state index in [2.05, 4.69) is 0 Å². The third kappa shape index (κ3) is 4.01. The maximum absolute atomic E-state index is 10.7. The van der Waals surface area contributed by atoms with E-state index in [4.69, 9.17) is 4.74 Å². The second-order valence-corrected chi connectivity index (χ2v) is 8.58. The Kier molecular flexibility index (Phi) is 6.12. The molecule has 0 saturated carbocycles. The van der Waals surface area contributed by atoms with Crippen LogP contribution in [-0.2, 0) is 0 Å². The summed E-state index contributed by atoms with van der Waals surface area (Å²) in [6, 6.07) is 20.4. The number of rotatable bonds is 5. The largest absolute Gasteiger partial charge is 0.507 e. The molecule has 0 heterocycles. The Morgan fingerprint density at radius 2 is 1.12 bits per heavy atom. The molecule has 0 atom stereocenters. The molecule has 3 N–H and O–H groups in total. The molecule has 0 unspecified atom stereocenters. The molecule has 174 valence electrons. The lowest BCUT2D eigenvalue weighted by molar-refractivity contribution is 0.409. The SMILES string of the molecule is Cc1ccc(N(c2ccccc2Oc2c(C)cccc2O)c2ccc(C)c(O)c2C)c(C)c1O. The van der Waals surface area contributed by atoms with Crippen LogP contribution in [0, 0.1) is 34.6 Å². The van der Waals surface area contributed by atoms with Crippen molar-refractivity contribution < 1.29 is 20.1 Å². The van der Waals surface area contributed by atoms with E-state index in [0.717, 1.165) is 28.1 Å². The van der Waals surface area contributed by atoms with Crippen LogP contribution < -0.4 is 9.64 Å². The summed E-state index contributed by atoms with van der Waals surface area (Å²) in [4.78, 5) is 1.97. The van der Waals surface area contributed by atoms with E-state index in [1.165, 1.54) is 0 Å². The van der Waals surface area contributed by atoms with Gasteiger partial charge in [0.15, 0.2) is 17.2 Å². The van der Waals surface area contributed by atoms with Gasteiger partial charge in [-0.25, -0.2) is 0 Å². The van der Waals surface area contributed by atoms with Crippen LogP contribution in [0.4, 0.5) is 17.1 Å². The van der Waals surface area contributed by atoms with Gasteiger partial charge in [-0.15, -0.1) is 0 Å². The van der Waals surface area contributed by atoms with E-state index in [1.54, 1.807) is 12.1 Å². The first-order chi connectivity index (χ1) is 16.2. The highest BCUT2D eigenvalue weighted by atomic mass is 16.5. The van der Waals surface area contributed by atoms with E-state index in [1.807, 2.05) is 94.1 Å².